The van der Waals surface area contributed by atoms with E-state index in [2.05, 4.69) is 12.2 Å². The van der Waals surface area contributed by atoms with Gasteiger partial charge in [-0.15, -0.1) is 11.3 Å². The second-order valence-electron chi connectivity index (χ2n) is 4.19. The number of carboxylic acids is 1. The highest BCUT2D eigenvalue weighted by Gasteiger charge is 2.16. The molecule has 0 saturated carbocycles. The Kier molecular flexibility index (Phi) is 7.03. The van der Waals surface area contributed by atoms with Crippen LogP contribution in [0.5, 0.6) is 0 Å². The lowest BCUT2D eigenvalue weighted by atomic mass is 10.3. The van der Waals surface area contributed by atoms with Crippen LogP contribution in [0, 0.1) is 0 Å². The van der Waals surface area contributed by atoms with Gasteiger partial charge < -0.3 is 20.1 Å². The topological polar surface area (TPSA) is 78.9 Å². The molecule has 1 aromatic rings. The number of methoxy groups -OCH3 is 1. The molecule has 0 bridgehead atoms. The Morgan fingerprint density at radius 2 is 2.10 bits per heavy atom. The molecule has 0 aliphatic rings. The van der Waals surface area contributed by atoms with Gasteiger partial charge in [-0.1, -0.05) is 6.92 Å². The molecule has 2 N–H and O–H groups in total. The Morgan fingerprint density at radius 1 is 1.40 bits per heavy atom. The Hall–Kier alpha value is -1.60. The predicted octanol–water partition coefficient (Wildman–Crippen LogP) is 1.55. The maximum atomic E-state index is 11.9. The van der Waals surface area contributed by atoms with Gasteiger partial charge in [-0.2, -0.15) is 0 Å². The molecule has 0 unspecified atom stereocenters. The van der Waals surface area contributed by atoms with Crippen LogP contribution in [-0.4, -0.2) is 48.8 Å². The summed E-state index contributed by atoms with van der Waals surface area (Å²) >= 11 is 1.64. The molecule has 0 saturated heterocycles. The number of hydrogen-bond donors (Lipinski definition) is 2. The van der Waals surface area contributed by atoms with E-state index in [0.717, 1.165) is 11.3 Å². The van der Waals surface area contributed by atoms with Gasteiger partial charge in [0.15, 0.2) is 0 Å². The second-order valence-corrected chi connectivity index (χ2v) is 5.44. The number of nitrogens with zero attached hydrogens (tertiary/aromatic N) is 1. The van der Waals surface area contributed by atoms with E-state index in [1.54, 1.807) is 11.3 Å². The summed E-state index contributed by atoms with van der Waals surface area (Å²) in [6, 6.07) is 3.61. The fourth-order valence-corrected chi connectivity index (χ4v) is 2.50. The average molecular weight is 300 g/mol. The number of rotatable bonds is 8. The number of carbonyl (C=O) groups is 2. The molecule has 0 atom stereocenters. The van der Waals surface area contributed by atoms with Gasteiger partial charge in [-0.3, -0.25) is 4.79 Å². The molecule has 2 amide bonds. The number of urea groups is 1. The third-order valence-electron chi connectivity index (χ3n) is 2.66. The van der Waals surface area contributed by atoms with E-state index in [4.69, 9.17) is 9.84 Å². The average Bonchev–Trinajstić information content (AvgIpc) is 2.88. The van der Waals surface area contributed by atoms with E-state index >= 15 is 0 Å². The number of amides is 2. The van der Waals surface area contributed by atoms with Gasteiger partial charge in [0.2, 0.25) is 0 Å². The molecule has 112 valence electrons. The zero-order chi connectivity index (χ0) is 15.0. The van der Waals surface area contributed by atoms with Gasteiger partial charge in [0.05, 0.1) is 13.2 Å². The molecule has 1 heterocycles. The molecule has 0 fully saturated rings. The van der Waals surface area contributed by atoms with Crippen molar-refractivity contribution in [2.24, 2.45) is 0 Å². The number of hydrogen-bond acceptors (Lipinski definition) is 4. The fourth-order valence-electron chi connectivity index (χ4n) is 1.60. The van der Waals surface area contributed by atoms with Gasteiger partial charge in [-0.25, -0.2) is 4.79 Å². The lowest BCUT2D eigenvalue weighted by Gasteiger charge is -2.20. The minimum Gasteiger partial charge on any atom is -0.480 e. The highest BCUT2D eigenvalue weighted by atomic mass is 32.1. The lowest BCUT2D eigenvalue weighted by molar-refractivity contribution is -0.137. The standard InChI is InChI=1S/C13H20N2O4S/c1-3-10-4-5-11(20-10)8-14-13(18)15(6-7-19-2)9-12(16)17/h4-5H,3,6-9H2,1-2H3,(H,14,18)(H,16,17). The molecule has 1 rings (SSSR count). The first-order chi connectivity index (χ1) is 9.56. The molecule has 7 heteroatoms. The second kappa shape index (κ2) is 8.55. The van der Waals surface area contributed by atoms with Gasteiger partial charge >= 0.3 is 12.0 Å². The van der Waals surface area contributed by atoms with Crippen molar-refractivity contribution in [2.75, 3.05) is 26.8 Å². The van der Waals surface area contributed by atoms with Crippen LogP contribution in [0.2, 0.25) is 0 Å². The lowest BCUT2D eigenvalue weighted by Crippen LogP contribution is -2.43. The summed E-state index contributed by atoms with van der Waals surface area (Å²) in [7, 11) is 1.51. The number of aryl methyl sites for hydroxylation is 1. The van der Waals surface area contributed by atoms with E-state index in [9.17, 15) is 9.59 Å². The van der Waals surface area contributed by atoms with Crippen LogP contribution < -0.4 is 5.32 Å². The molecular formula is C13H20N2O4S. The van der Waals surface area contributed by atoms with Crippen LogP contribution in [0.1, 0.15) is 16.7 Å². The third-order valence-corrected chi connectivity index (χ3v) is 3.89. The van der Waals surface area contributed by atoms with Crippen LogP contribution in [0.4, 0.5) is 4.79 Å². The van der Waals surface area contributed by atoms with Crippen molar-refractivity contribution in [2.45, 2.75) is 19.9 Å². The van der Waals surface area contributed by atoms with E-state index < -0.39 is 12.0 Å². The van der Waals surface area contributed by atoms with Crippen molar-refractivity contribution in [1.82, 2.24) is 10.2 Å². The molecule has 1 aromatic heterocycles. The summed E-state index contributed by atoms with van der Waals surface area (Å²) in [4.78, 5) is 26.2. The summed E-state index contributed by atoms with van der Waals surface area (Å²) in [6.45, 7) is 2.71. The maximum absolute atomic E-state index is 11.9. The normalized spacial score (nSPS) is 10.3. The number of ether oxygens (including phenoxy) is 1. The van der Waals surface area contributed by atoms with E-state index in [-0.39, 0.29) is 13.1 Å². The van der Waals surface area contributed by atoms with E-state index in [1.807, 2.05) is 12.1 Å². The van der Waals surface area contributed by atoms with Crippen LogP contribution in [-0.2, 0) is 22.5 Å². The Labute approximate surface area is 122 Å². The summed E-state index contributed by atoms with van der Waals surface area (Å²) in [5.74, 6) is -1.04. The minimum atomic E-state index is -1.04. The highest BCUT2D eigenvalue weighted by Crippen LogP contribution is 2.16. The first-order valence-corrected chi connectivity index (χ1v) is 7.19. The zero-order valence-corrected chi connectivity index (χ0v) is 12.5. The minimum absolute atomic E-state index is 0.249. The summed E-state index contributed by atoms with van der Waals surface area (Å²) in [6.07, 6.45) is 0.970. The Bertz CT molecular complexity index is 447. The molecule has 0 radical (unpaired) electrons. The number of thiophene rings is 1. The van der Waals surface area contributed by atoms with Crippen molar-refractivity contribution in [3.05, 3.63) is 21.9 Å². The maximum Gasteiger partial charge on any atom is 0.323 e. The molecular weight excluding hydrogens is 280 g/mol. The van der Waals surface area contributed by atoms with Crippen LogP contribution in [0.25, 0.3) is 0 Å². The van der Waals surface area contributed by atoms with Crippen LogP contribution in [0.15, 0.2) is 12.1 Å². The molecule has 0 aliphatic heterocycles. The van der Waals surface area contributed by atoms with E-state index in [1.165, 1.54) is 16.9 Å². The molecule has 0 spiro atoms. The molecule has 0 aromatic carbocycles. The smallest absolute Gasteiger partial charge is 0.323 e. The van der Waals surface area contributed by atoms with Crippen LogP contribution in [0.3, 0.4) is 0 Å². The van der Waals surface area contributed by atoms with Crippen molar-refractivity contribution < 1.29 is 19.4 Å². The van der Waals surface area contributed by atoms with Gasteiger partial charge in [0.25, 0.3) is 0 Å². The largest absolute Gasteiger partial charge is 0.480 e. The van der Waals surface area contributed by atoms with Gasteiger partial charge in [-0.05, 0) is 18.6 Å². The third kappa shape index (κ3) is 5.58. The number of carboxylic acid groups (broad SMARTS) is 1. The van der Waals surface area contributed by atoms with Gasteiger partial charge in [0, 0.05) is 23.4 Å². The molecule has 0 aliphatic carbocycles. The Morgan fingerprint density at radius 3 is 2.65 bits per heavy atom. The number of aliphatic carboxylic acids is 1. The molecule has 20 heavy (non-hydrogen) atoms. The number of nitrogens with one attached hydrogen (secondary N) is 1. The zero-order valence-electron chi connectivity index (χ0n) is 11.7. The van der Waals surface area contributed by atoms with Crippen molar-refractivity contribution in [3.63, 3.8) is 0 Å². The molecule has 6 nitrogen and oxygen atoms in total. The van der Waals surface area contributed by atoms with Gasteiger partial charge in [0.1, 0.15) is 6.54 Å². The first kappa shape index (κ1) is 16.5. The number of carbonyl (C=O) groups excluding carboxylic acids is 1. The fraction of sp³-hybridized carbons (Fsp3) is 0.538. The Balaban J connectivity index is 2.49. The monoisotopic (exact) mass is 300 g/mol. The quantitative estimate of drug-likeness (QED) is 0.763. The predicted molar refractivity (Wildman–Crippen MR) is 77.0 cm³/mol. The first-order valence-electron chi connectivity index (χ1n) is 6.38. The van der Waals surface area contributed by atoms with Crippen molar-refractivity contribution in [1.29, 1.82) is 0 Å². The summed E-state index contributed by atoms with van der Waals surface area (Å²) < 4.78 is 4.87. The van der Waals surface area contributed by atoms with E-state index in [0.29, 0.717) is 13.2 Å². The summed E-state index contributed by atoms with van der Waals surface area (Å²) in [5, 5.41) is 11.5. The van der Waals surface area contributed by atoms with Crippen molar-refractivity contribution >= 4 is 23.3 Å². The highest BCUT2D eigenvalue weighted by molar-refractivity contribution is 7.11. The van der Waals surface area contributed by atoms with Crippen molar-refractivity contribution in [3.8, 4) is 0 Å². The summed E-state index contributed by atoms with van der Waals surface area (Å²) in [5.41, 5.74) is 0. The SMILES string of the molecule is CCc1ccc(CNC(=O)N(CCOC)CC(=O)O)s1. The van der Waals surface area contributed by atoms with Crippen LogP contribution >= 0.6 is 11.3 Å².